The minimum Gasteiger partial charge on any atom is -0.383 e. The maximum atomic E-state index is 10.6. The van der Waals surface area contributed by atoms with E-state index in [-0.39, 0.29) is 12.5 Å². The standard InChI is InChI=1S/C5H12N2O2/c1-7-5(8)4(6)3-9-2/h4H,3,6H2,1-2H3,(H,7,8). The number of hydrogen-bond donors (Lipinski definition) is 2. The average molecular weight is 132 g/mol. The molecule has 1 atom stereocenters. The molecule has 0 bridgehead atoms. The Kier molecular flexibility index (Phi) is 4.00. The van der Waals surface area contributed by atoms with Crippen molar-refractivity contribution in [2.24, 2.45) is 5.73 Å². The normalized spacial score (nSPS) is 12.8. The Morgan fingerprint density at radius 3 is 2.78 bits per heavy atom. The molecule has 0 fully saturated rings. The van der Waals surface area contributed by atoms with Crippen molar-refractivity contribution in [2.75, 3.05) is 20.8 Å². The highest BCUT2D eigenvalue weighted by Crippen LogP contribution is 1.77. The Morgan fingerprint density at radius 1 is 1.89 bits per heavy atom. The van der Waals surface area contributed by atoms with Crippen LogP contribution in [0.4, 0.5) is 0 Å². The van der Waals surface area contributed by atoms with E-state index in [1.807, 2.05) is 0 Å². The maximum absolute atomic E-state index is 10.6. The molecule has 1 unspecified atom stereocenters. The van der Waals surface area contributed by atoms with E-state index in [0.717, 1.165) is 0 Å². The third-order valence-corrected chi connectivity index (χ3v) is 0.929. The molecule has 3 N–H and O–H groups in total. The first kappa shape index (κ1) is 8.39. The Balaban J connectivity index is 3.45. The average Bonchev–Trinajstić information content (AvgIpc) is 1.87. The first-order valence-corrected chi connectivity index (χ1v) is 2.68. The van der Waals surface area contributed by atoms with Gasteiger partial charge in [-0.1, -0.05) is 0 Å². The van der Waals surface area contributed by atoms with Crippen molar-refractivity contribution < 1.29 is 9.53 Å². The molecule has 0 heterocycles. The summed E-state index contributed by atoms with van der Waals surface area (Å²) in [4.78, 5) is 10.6. The van der Waals surface area contributed by atoms with Crippen LogP contribution in [0.1, 0.15) is 0 Å². The van der Waals surface area contributed by atoms with Crippen molar-refractivity contribution in [1.82, 2.24) is 5.32 Å². The molecule has 0 aliphatic heterocycles. The number of likely N-dealkylation sites (N-methyl/N-ethyl adjacent to an activating group) is 1. The van der Waals surface area contributed by atoms with E-state index in [0.29, 0.717) is 0 Å². The molecule has 54 valence electrons. The number of amides is 1. The van der Waals surface area contributed by atoms with Crippen molar-refractivity contribution >= 4 is 5.91 Å². The first-order valence-electron chi connectivity index (χ1n) is 2.68. The van der Waals surface area contributed by atoms with Gasteiger partial charge in [-0.25, -0.2) is 0 Å². The number of carbonyl (C=O) groups excluding carboxylic acids is 1. The molecule has 0 aliphatic rings. The van der Waals surface area contributed by atoms with Gasteiger partial charge >= 0.3 is 0 Å². The second-order valence-electron chi connectivity index (χ2n) is 1.68. The zero-order valence-corrected chi connectivity index (χ0v) is 5.68. The molecule has 0 radical (unpaired) electrons. The van der Waals surface area contributed by atoms with Gasteiger partial charge in [0.15, 0.2) is 0 Å². The van der Waals surface area contributed by atoms with Gasteiger partial charge in [0.05, 0.1) is 6.61 Å². The first-order chi connectivity index (χ1) is 4.22. The number of methoxy groups -OCH3 is 1. The van der Waals surface area contributed by atoms with Crippen LogP contribution in [0.25, 0.3) is 0 Å². The summed E-state index contributed by atoms with van der Waals surface area (Å²) >= 11 is 0. The lowest BCUT2D eigenvalue weighted by molar-refractivity contribution is -0.122. The molecule has 0 aromatic carbocycles. The van der Waals surface area contributed by atoms with Crippen LogP contribution in [-0.2, 0) is 9.53 Å². The van der Waals surface area contributed by atoms with Crippen LogP contribution < -0.4 is 11.1 Å². The van der Waals surface area contributed by atoms with E-state index >= 15 is 0 Å². The molecule has 0 rings (SSSR count). The molecule has 4 nitrogen and oxygen atoms in total. The predicted molar refractivity (Wildman–Crippen MR) is 33.9 cm³/mol. The SMILES string of the molecule is CNC(=O)C(N)COC. The van der Waals surface area contributed by atoms with Crippen LogP contribution in [-0.4, -0.2) is 32.7 Å². The van der Waals surface area contributed by atoms with Gasteiger partial charge in [0.2, 0.25) is 5.91 Å². The van der Waals surface area contributed by atoms with Crippen molar-refractivity contribution in [1.29, 1.82) is 0 Å². The van der Waals surface area contributed by atoms with Crippen LogP contribution in [0.3, 0.4) is 0 Å². The fourth-order valence-corrected chi connectivity index (χ4v) is 0.441. The second kappa shape index (κ2) is 4.29. The van der Waals surface area contributed by atoms with Gasteiger partial charge in [-0.15, -0.1) is 0 Å². The van der Waals surface area contributed by atoms with Crippen LogP contribution in [0, 0.1) is 0 Å². The molecule has 1 amide bonds. The van der Waals surface area contributed by atoms with Crippen LogP contribution >= 0.6 is 0 Å². The highest BCUT2D eigenvalue weighted by Gasteiger charge is 2.09. The van der Waals surface area contributed by atoms with Crippen molar-refractivity contribution in [3.63, 3.8) is 0 Å². The lowest BCUT2D eigenvalue weighted by Crippen LogP contribution is -2.41. The van der Waals surface area contributed by atoms with Gasteiger partial charge in [-0.3, -0.25) is 4.79 Å². The van der Waals surface area contributed by atoms with E-state index in [1.165, 1.54) is 14.2 Å². The highest BCUT2D eigenvalue weighted by molar-refractivity contribution is 5.81. The summed E-state index contributed by atoms with van der Waals surface area (Å²) in [5.41, 5.74) is 5.30. The third-order valence-electron chi connectivity index (χ3n) is 0.929. The van der Waals surface area contributed by atoms with E-state index in [9.17, 15) is 4.79 Å². The molecular weight excluding hydrogens is 120 g/mol. The summed E-state index contributed by atoms with van der Waals surface area (Å²) < 4.78 is 4.64. The van der Waals surface area contributed by atoms with Gasteiger partial charge in [0.1, 0.15) is 6.04 Å². The van der Waals surface area contributed by atoms with Crippen LogP contribution in [0.2, 0.25) is 0 Å². The predicted octanol–water partition coefficient (Wildman–Crippen LogP) is -1.29. The van der Waals surface area contributed by atoms with Crippen molar-refractivity contribution in [3.8, 4) is 0 Å². The van der Waals surface area contributed by atoms with Crippen LogP contribution in [0.5, 0.6) is 0 Å². The summed E-state index contributed by atoms with van der Waals surface area (Å²) in [6.07, 6.45) is 0. The largest absolute Gasteiger partial charge is 0.383 e. The number of ether oxygens (including phenoxy) is 1. The van der Waals surface area contributed by atoms with Gasteiger partial charge in [-0.2, -0.15) is 0 Å². The van der Waals surface area contributed by atoms with Crippen molar-refractivity contribution in [3.05, 3.63) is 0 Å². The summed E-state index contributed by atoms with van der Waals surface area (Å²) in [5, 5.41) is 2.41. The summed E-state index contributed by atoms with van der Waals surface area (Å²) in [7, 11) is 3.04. The molecule has 9 heavy (non-hydrogen) atoms. The number of hydrogen-bond acceptors (Lipinski definition) is 3. The number of rotatable bonds is 3. The molecule has 0 aromatic rings. The second-order valence-corrected chi connectivity index (χ2v) is 1.68. The van der Waals surface area contributed by atoms with E-state index < -0.39 is 6.04 Å². The lowest BCUT2D eigenvalue weighted by atomic mass is 10.3. The van der Waals surface area contributed by atoms with E-state index in [2.05, 4.69) is 10.1 Å². The zero-order valence-electron chi connectivity index (χ0n) is 5.68. The Labute approximate surface area is 54.4 Å². The van der Waals surface area contributed by atoms with E-state index in [1.54, 1.807) is 0 Å². The zero-order chi connectivity index (χ0) is 7.28. The van der Waals surface area contributed by atoms with Crippen LogP contribution in [0.15, 0.2) is 0 Å². The minimum atomic E-state index is -0.542. The fourth-order valence-electron chi connectivity index (χ4n) is 0.441. The lowest BCUT2D eigenvalue weighted by Gasteiger charge is -2.06. The molecule has 0 saturated carbocycles. The summed E-state index contributed by atoms with van der Waals surface area (Å²) in [6.45, 7) is 0.264. The summed E-state index contributed by atoms with van der Waals surface area (Å²) in [5.74, 6) is -0.197. The highest BCUT2D eigenvalue weighted by atomic mass is 16.5. The fraction of sp³-hybridized carbons (Fsp3) is 0.800. The van der Waals surface area contributed by atoms with Gasteiger partial charge in [0, 0.05) is 14.2 Å². The molecular formula is C5H12N2O2. The summed E-state index contributed by atoms with van der Waals surface area (Å²) in [6, 6.07) is -0.542. The van der Waals surface area contributed by atoms with Crippen molar-refractivity contribution in [2.45, 2.75) is 6.04 Å². The van der Waals surface area contributed by atoms with Gasteiger partial charge in [0.25, 0.3) is 0 Å². The number of nitrogens with two attached hydrogens (primary N) is 1. The molecule has 0 spiro atoms. The Morgan fingerprint density at radius 2 is 2.44 bits per heavy atom. The molecule has 0 saturated heterocycles. The molecule has 0 aromatic heterocycles. The Bertz CT molecular complexity index is 95.0. The Hall–Kier alpha value is -0.610. The maximum Gasteiger partial charge on any atom is 0.239 e. The molecule has 4 heteroatoms. The molecule has 0 aliphatic carbocycles. The van der Waals surface area contributed by atoms with Gasteiger partial charge in [-0.05, 0) is 0 Å². The van der Waals surface area contributed by atoms with E-state index in [4.69, 9.17) is 5.73 Å². The number of nitrogens with one attached hydrogen (secondary N) is 1. The third kappa shape index (κ3) is 3.05. The topological polar surface area (TPSA) is 64.4 Å². The smallest absolute Gasteiger partial charge is 0.239 e. The quantitative estimate of drug-likeness (QED) is 0.502. The number of carbonyl (C=O) groups is 1. The minimum absolute atomic E-state index is 0.197. The van der Waals surface area contributed by atoms with Gasteiger partial charge < -0.3 is 15.8 Å². The monoisotopic (exact) mass is 132 g/mol.